The lowest BCUT2D eigenvalue weighted by Crippen LogP contribution is -2.45. The Hall–Kier alpha value is -2.71. The number of hydrogen-bond acceptors (Lipinski definition) is 6. The summed E-state index contributed by atoms with van der Waals surface area (Å²) in [6.45, 7) is 3.79. The van der Waals surface area contributed by atoms with Crippen LogP contribution in [-0.4, -0.2) is 56.5 Å². The molecule has 28 heavy (non-hydrogen) atoms. The van der Waals surface area contributed by atoms with Crippen LogP contribution >= 0.6 is 0 Å². The molecule has 2 aliphatic rings. The fourth-order valence-corrected chi connectivity index (χ4v) is 5.45. The monoisotopic (exact) mass is 395 g/mol. The van der Waals surface area contributed by atoms with E-state index < -0.39 is 10.0 Å². The Kier molecular flexibility index (Phi) is 3.99. The Labute approximate surface area is 164 Å². The second-order valence-corrected chi connectivity index (χ2v) is 9.10. The number of para-hydroxylation sites is 1. The van der Waals surface area contributed by atoms with Gasteiger partial charge in [0.25, 0.3) is 10.0 Å². The maximum atomic E-state index is 13.2. The fraction of sp³-hybridized carbons (Fsp3) is 0.300. The van der Waals surface area contributed by atoms with Crippen molar-refractivity contribution < 1.29 is 8.42 Å². The first-order valence-corrected chi connectivity index (χ1v) is 10.8. The minimum absolute atomic E-state index is 0.293. The summed E-state index contributed by atoms with van der Waals surface area (Å²) in [6, 6.07) is 14.7. The molecule has 1 fully saturated rings. The highest BCUT2D eigenvalue weighted by atomic mass is 32.2. The van der Waals surface area contributed by atoms with Gasteiger partial charge in [-0.3, -0.25) is 0 Å². The smallest absolute Gasteiger partial charge is 0.266 e. The van der Waals surface area contributed by atoms with E-state index in [-0.39, 0.29) is 0 Å². The summed E-state index contributed by atoms with van der Waals surface area (Å²) in [5.74, 6) is 1.05. The van der Waals surface area contributed by atoms with Crippen molar-refractivity contribution in [3.8, 4) is 0 Å². The topological polar surface area (TPSA) is 69.6 Å². The normalized spacial score (nSPS) is 19.2. The predicted octanol–water partition coefficient (Wildman–Crippen LogP) is 2.09. The van der Waals surface area contributed by atoms with Gasteiger partial charge in [0.2, 0.25) is 5.95 Å². The van der Waals surface area contributed by atoms with Crippen molar-refractivity contribution in [2.75, 3.05) is 42.4 Å². The number of rotatable bonds is 2. The first-order chi connectivity index (χ1) is 13.5. The van der Waals surface area contributed by atoms with Crippen molar-refractivity contribution in [3.63, 3.8) is 0 Å². The molecule has 2 aromatic carbocycles. The largest absolute Gasteiger partial charge is 0.338 e. The first-order valence-electron chi connectivity index (χ1n) is 9.35. The van der Waals surface area contributed by atoms with Crippen molar-refractivity contribution in [1.29, 1.82) is 0 Å². The van der Waals surface area contributed by atoms with E-state index in [1.54, 1.807) is 12.1 Å². The van der Waals surface area contributed by atoms with Crippen LogP contribution in [0.25, 0.3) is 10.9 Å². The van der Waals surface area contributed by atoms with Crippen molar-refractivity contribution in [2.24, 2.45) is 0 Å². The molecule has 3 aromatic rings. The van der Waals surface area contributed by atoms with Crippen LogP contribution in [0.1, 0.15) is 5.56 Å². The Morgan fingerprint density at radius 2 is 1.61 bits per heavy atom. The number of fused-ring (bicyclic) bond motifs is 2. The molecule has 5 rings (SSSR count). The van der Waals surface area contributed by atoms with Gasteiger partial charge in [0.15, 0.2) is 5.82 Å². The summed E-state index contributed by atoms with van der Waals surface area (Å²) in [6.07, 6.45) is 0. The Bertz CT molecular complexity index is 1160. The van der Waals surface area contributed by atoms with E-state index in [0.717, 1.165) is 42.6 Å². The molecule has 3 heterocycles. The van der Waals surface area contributed by atoms with Gasteiger partial charge in [-0.05, 0) is 30.8 Å². The molecular weight excluding hydrogens is 374 g/mol. The SMILES string of the molecule is CN1CCN(c2nc(N3Cc4ccccc4S3(=O)=O)c3ccccc3n2)CC1. The number of sulfonamides is 1. The molecule has 0 unspecified atom stereocenters. The zero-order valence-electron chi connectivity index (χ0n) is 15.6. The molecular formula is C20H21N5O2S. The van der Waals surface area contributed by atoms with Gasteiger partial charge >= 0.3 is 0 Å². The van der Waals surface area contributed by atoms with Gasteiger partial charge in [-0.25, -0.2) is 17.7 Å². The molecule has 0 N–H and O–H groups in total. The third-order valence-corrected chi connectivity index (χ3v) is 7.28. The third kappa shape index (κ3) is 2.71. The standard InChI is InChI=1S/C20H21N5O2S/c1-23-10-12-24(13-11-23)20-21-17-8-4-3-7-16(17)19(22-20)25-14-15-6-2-5-9-18(15)28(25,26)27/h2-9H,10-14H2,1H3. The van der Waals surface area contributed by atoms with Gasteiger partial charge in [-0.15, -0.1) is 0 Å². The molecule has 2 aliphatic heterocycles. The maximum absolute atomic E-state index is 13.2. The van der Waals surface area contributed by atoms with Crippen LogP contribution in [0.3, 0.4) is 0 Å². The second kappa shape index (κ2) is 6.42. The molecule has 0 saturated carbocycles. The van der Waals surface area contributed by atoms with Crippen LogP contribution in [-0.2, 0) is 16.6 Å². The lowest BCUT2D eigenvalue weighted by Gasteiger charge is -2.33. The number of anilines is 2. The van der Waals surface area contributed by atoms with Gasteiger partial charge in [-0.1, -0.05) is 30.3 Å². The highest BCUT2D eigenvalue weighted by Gasteiger charge is 2.36. The molecule has 0 radical (unpaired) electrons. The van der Waals surface area contributed by atoms with Gasteiger partial charge in [0.05, 0.1) is 17.0 Å². The number of hydrogen-bond donors (Lipinski definition) is 0. The molecule has 0 spiro atoms. The zero-order chi connectivity index (χ0) is 19.3. The summed E-state index contributed by atoms with van der Waals surface area (Å²) >= 11 is 0. The van der Waals surface area contributed by atoms with Gasteiger partial charge in [0, 0.05) is 31.6 Å². The van der Waals surface area contributed by atoms with Crippen molar-refractivity contribution in [3.05, 3.63) is 54.1 Å². The Balaban J connectivity index is 1.65. The van der Waals surface area contributed by atoms with Crippen LogP contribution in [0.4, 0.5) is 11.8 Å². The lowest BCUT2D eigenvalue weighted by atomic mass is 10.2. The van der Waals surface area contributed by atoms with Gasteiger partial charge in [0.1, 0.15) is 0 Å². The quantitative estimate of drug-likeness (QED) is 0.662. The van der Waals surface area contributed by atoms with Crippen LogP contribution < -0.4 is 9.21 Å². The van der Waals surface area contributed by atoms with Crippen LogP contribution in [0.15, 0.2) is 53.4 Å². The third-order valence-electron chi connectivity index (χ3n) is 5.45. The van der Waals surface area contributed by atoms with Crippen molar-refractivity contribution in [1.82, 2.24) is 14.9 Å². The fourth-order valence-electron chi connectivity index (χ4n) is 3.82. The highest BCUT2D eigenvalue weighted by molar-refractivity contribution is 7.93. The maximum Gasteiger partial charge on any atom is 0.266 e. The van der Waals surface area contributed by atoms with Crippen molar-refractivity contribution >= 4 is 32.7 Å². The molecule has 0 bridgehead atoms. The van der Waals surface area contributed by atoms with E-state index in [9.17, 15) is 8.42 Å². The van der Waals surface area contributed by atoms with Crippen LogP contribution in [0, 0.1) is 0 Å². The minimum Gasteiger partial charge on any atom is -0.338 e. The summed E-state index contributed by atoms with van der Waals surface area (Å²) in [5.41, 5.74) is 1.55. The molecule has 7 nitrogen and oxygen atoms in total. The van der Waals surface area contributed by atoms with E-state index in [0.29, 0.717) is 23.2 Å². The zero-order valence-corrected chi connectivity index (χ0v) is 16.4. The second-order valence-electron chi connectivity index (χ2n) is 7.27. The van der Waals surface area contributed by atoms with E-state index in [1.165, 1.54) is 4.31 Å². The number of nitrogens with zero attached hydrogens (tertiary/aromatic N) is 5. The summed E-state index contributed by atoms with van der Waals surface area (Å²) in [5, 5.41) is 0.747. The summed E-state index contributed by atoms with van der Waals surface area (Å²) in [4.78, 5) is 14.2. The number of aromatic nitrogens is 2. The van der Waals surface area contributed by atoms with Crippen LogP contribution in [0.5, 0.6) is 0 Å². The molecule has 0 atom stereocenters. The lowest BCUT2D eigenvalue weighted by molar-refractivity contribution is 0.311. The van der Waals surface area contributed by atoms with E-state index in [1.807, 2.05) is 36.4 Å². The molecule has 8 heteroatoms. The summed E-state index contributed by atoms with van der Waals surface area (Å²) < 4.78 is 27.8. The van der Waals surface area contributed by atoms with E-state index in [4.69, 9.17) is 9.97 Å². The first kappa shape index (κ1) is 17.4. The van der Waals surface area contributed by atoms with E-state index >= 15 is 0 Å². The summed E-state index contributed by atoms with van der Waals surface area (Å²) in [7, 11) is -1.54. The average molecular weight is 395 g/mol. The molecule has 0 aliphatic carbocycles. The molecule has 1 aromatic heterocycles. The number of piperazine rings is 1. The van der Waals surface area contributed by atoms with Gasteiger partial charge in [-0.2, -0.15) is 4.98 Å². The van der Waals surface area contributed by atoms with Gasteiger partial charge < -0.3 is 9.80 Å². The number of likely N-dealkylation sites (N-methyl/N-ethyl adjacent to an activating group) is 1. The highest BCUT2D eigenvalue weighted by Crippen LogP contribution is 2.37. The predicted molar refractivity (Wildman–Crippen MR) is 109 cm³/mol. The molecule has 1 saturated heterocycles. The van der Waals surface area contributed by atoms with E-state index in [2.05, 4.69) is 16.8 Å². The van der Waals surface area contributed by atoms with Crippen molar-refractivity contribution in [2.45, 2.75) is 11.4 Å². The Morgan fingerprint density at radius 1 is 0.893 bits per heavy atom. The van der Waals surface area contributed by atoms with Crippen LogP contribution in [0.2, 0.25) is 0 Å². The average Bonchev–Trinajstić information content (AvgIpc) is 2.98. The molecule has 144 valence electrons. The number of benzene rings is 2. The molecule has 0 amide bonds. The Morgan fingerprint density at radius 3 is 2.39 bits per heavy atom. The minimum atomic E-state index is -3.63.